The average molecular weight is 455 g/mol. The SMILES string of the molecule is CC1=C2OC(C)(C)CC2C(C)C(S(=O)(=O)N[C@H](C(=O)O)C(=C=O)CCN=C(N)N)=C1C. The Bertz CT molecular complexity index is 1010. The lowest BCUT2D eigenvalue weighted by molar-refractivity contribution is -0.138. The van der Waals surface area contributed by atoms with E-state index in [0.29, 0.717) is 12.0 Å². The van der Waals surface area contributed by atoms with Crippen LogP contribution < -0.4 is 16.2 Å². The minimum Gasteiger partial charge on any atom is -0.492 e. The fourth-order valence-electron chi connectivity index (χ4n) is 4.18. The lowest BCUT2D eigenvalue weighted by Gasteiger charge is -2.31. The number of aliphatic carboxylic acids is 1. The van der Waals surface area contributed by atoms with Crippen LogP contribution in [0.25, 0.3) is 0 Å². The summed E-state index contributed by atoms with van der Waals surface area (Å²) in [6.45, 7) is 9.06. The first-order valence-corrected chi connectivity index (χ1v) is 11.4. The van der Waals surface area contributed by atoms with Crippen LogP contribution in [-0.2, 0) is 24.3 Å². The first kappa shape index (κ1) is 24.6. The molecule has 0 amide bonds. The van der Waals surface area contributed by atoms with Gasteiger partial charge in [0.1, 0.15) is 17.3 Å². The fourth-order valence-corrected chi connectivity index (χ4v) is 6.08. The van der Waals surface area contributed by atoms with Crippen LogP contribution in [0.4, 0.5) is 0 Å². The number of ether oxygens (including phenoxy) is 1. The van der Waals surface area contributed by atoms with Crippen molar-refractivity contribution in [1.82, 2.24) is 4.72 Å². The summed E-state index contributed by atoms with van der Waals surface area (Å²) in [5, 5.41) is 9.59. The Labute approximate surface area is 182 Å². The van der Waals surface area contributed by atoms with Crippen LogP contribution in [0.3, 0.4) is 0 Å². The Morgan fingerprint density at radius 1 is 1.35 bits per heavy atom. The zero-order valence-corrected chi connectivity index (χ0v) is 19.2. The van der Waals surface area contributed by atoms with Crippen LogP contribution in [0.5, 0.6) is 0 Å². The van der Waals surface area contributed by atoms with Gasteiger partial charge in [0, 0.05) is 30.4 Å². The molecule has 1 fully saturated rings. The smallest absolute Gasteiger partial charge is 0.326 e. The van der Waals surface area contributed by atoms with E-state index in [4.69, 9.17) is 16.2 Å². The highest BCUT2D eigenvalue weighted by Crippen LogP contribution is 2.50. The number of carbonyl (C=O) groups is 1. The standard InChI is InChI=1S/C20H30N4O6S/c1-10-11(2)17(12(3)14-8-20(4,5)30-16(10)14)31(28,29)24-15(18(26)27)13(9-25)6-7-23-19(21)22/h12,14-15,24H,6-8H2,1-5H3,(H,26,27)(H4,21,22,23)/t12?,14?,15-/m0/s1. The van der Waals surface area contributed by atoms with Gasteiger partial charge in [-0.3, -0.25) is 9.79 Å². The van der Waals surface area contributed by atoms with E-state index in [9.17, 15) is 23.1 Å². The molecule has 11 heteroatoms. The van der Waals surface area contributed by atoms with Crippen molar-refractivity contribution in [3.8, 4) is 0 Å². The Morgan fingerprint density at radius 2 is 1.97 bits per heavy atom. The second-order valence-electron chi connectivity index (χ2n) is 8.52. The number of hydrogen-bond donors (Lipinski definition) is 4. The van der Waals surface area contributed by atoms with Gasteiger partial charge in [-0.05, 0) is 45.3 Å². The number of aliphatic imine (C=N–C) groups is 1. The third kappa shape index (κ3) is 5.17. The Morgan fingerprint density at radius 3 is 2.48 bits per heavy atom. The maximum atomic E-state index is 13.3. The number of carboxylic acids is 1. The second kappa shape index (κ2) is 8.86. The molecule has 0 radical (unpaired) electrons. The van der Waals surface area contributed by atoms with Crippen LogP contribution in [0.1, 0.15) is 47.5 Å². The van der Waals surface area contributed by atoms with Crippen LogP contribution in [0, 0.1) is 11.8 Å². The fraction of sp³-hybridized carbons (Fsp3) is 0.600. The molecular formula is C20H30N4O6S. The molecule has 6 N–H and O–H groups in total. The molecule has 2 aliphatic rings. The van der Waals surface area contributed by atoms with Crippen molar-refractivity contribution in [2.75, 3.05) is 6.54 Å². The monoisotopic (exact) mass is 454 g/mol. The van der Waals surface area contributed by atoms with Gasteiger partial charge in [0.15, 0.2) is 12.0 Å². The summed E-state index contributed by atoms with van der Waals surface area (Å²) < 4.78 is 34.9. The van der Waals surface area contributed by atoms with Gasteiger partial charge < -0.3 is 21.3 Å². The Hall–Kier alpha value is -2.62. The van der Waals surface area contributed by atoms with Gasteiger partial charge in [-0.1, -0.05) is 6.92 Å². The number of nitrogens with two attached hydrogens (primary N) is 2. The minimum absolute atomic E-state index is 0.0732. The highest BCUT2D eigenvalue weighted by Gasteiger charge is 2.47. The van der Waals surface area contributed by atoms with Crippen LogP contribution in [0.2, 0.25) is 0 Å². The van der Waals surface area contributed by atoms with Crippen molar-refractivity contribution in [3.05, 3.63) is 27.4 Å². The highest BCUT2D eigenvalue weighted by atomic mass is 32.2. The van der Waals surface area contributed by atoms with E-state index in [2.05, 4.69) is 9.71 Å². The Kier molecular flexibility index (Phi) is 7.04. The van der Waals surface area contributed by atoms with E-state index in [1.807, 2.05) is 13.8 Å². The maximum Gasteiger partial charge on any atom is 0.326 e. The molecule has 0 bridgehead atoms. The van der Waals surface area contributed by atoms with E-state index in [1.165, 1.54) is 5.94 Å². The first-order chi connectivity index (χ1) is 14.2. The molecule has 1 aliphatic heterocycles. The third-order valence-corrected chi connectivity index (χ3v) is 7.52. The van der Waals surface area contributed by atoms with Crippen molar-refractivity contribution >= 4 is 27.9 Å². The van der Waals surface area contributed by atoms with Crippen molar-refractivity contribution < 1.29 is 27.9 Å². The summed E-state index contributed by atoms with van der Waals surface area (Å²) in [6.07, 6.45) is 0.468. The number of nitrogens with one attached hydrogen (secondary N) is 1. The lowest BCUT2D eigenvalue weighted by atomic mass is 9.79. The van der Waals surface area contributed by atoms with E-state index in [0.717, 1.165) is 11.3 Å². The van der Waals surface area contributed by atoms with Gasteiger partial charge in [0.2, 0.25) is 10.0 Å². The van der Waals surface area contributed by atoms with E-state index >= 15 is 0 Å². The van der Waals surface area contributed by atoms with Gasteiger partial charge in [0.25, 0.3) is 0 Å². The molecule has 0 aromatic heterocycles. The summed E-state index contributed by atoms with van der Waals surface area (Å²) in [5.74, 6) is -0.0270. The highest BCUT2D eigenvalue weighted by molar-refractivity contribution is 7.93. The summed E-state index contributed by atoms with van der Waals surface area (Å²) in [6, 6.07) is -1.79. The summed E-state index contributed by atoms with van der Waals surface area (Å²) in [4.78, 5) is 27.0. The van der Waals surface area contributed by atoms with Gasteiger partial charge in [-0.25, -0.2) is 13.2 Å². The molecule has 31 heavy (non-hydrogen) atoms. The molecular weight excluding hydrogens is 424 g/mol. The number of guanidine groups is 1. The maximum absolute atomic E-state index is 13.3. The number of hydrogen-bond acceptors (Lipinski definition) is 6. The number of fused-ring (bicyclic) bond motifs is 1. The normalized spacial score (nSPS) is 23.5. The molecule has 10 nitrogen and oxygen atoms in total. The molecule has 0 spiro atoms. The number of rotatable bonds is 8. The first-order valence-electron chi connectivity index (χ1n) is 9.87. The number of allylic oxidation sites excluding steroid dienone is 4. The summed E-state index contributed by atoms with van der Waals surface area (Å²) in [5.41, 5.74) is 11.0. The Balaban J connectivity index is 2.40. The molecule has 0 aromatic rings. The summed E-state index contributed by atoms with van der Waals surface area (Å²) >= 11 is 0. The van der Waals surface area contributed by atoms with Crippen molar-refractivity contribution in [1.29, 1.82) is 0 Å². The molecule has 0 aromatic carbocycles. The molecule has 3 atom stereocenters. The predicted molar refractivity (Wildman–Crippen MR) is 116 cm³/mol. The summed E-state index contributed by atoms with van der Waals surface area (Å²) in [7, 11) is -4.26. The third-order valence-electron chi connectivity index (χ3n) is 5.72. The lowest BCUT2D eigenvalue weighted by Crippen LogP contribution is -2.44. The quantitative estimate of drug-likeness (QED) is 0.236. The molecule has 1 aliphatic carbocycles. The molecule has 2 rings (SSSR count). The predicted octanol–water partition coefficient (Wildman–Crippen LogP) is 0.793. The van der Waals surface area contributed by atoms with E-state index < -0.39 is 33.6 Å². The van der Waals surface area contributed by atoms with Gasteiger partial charge in [-0.2, -0.15) is 4.72 Å². The molecule has 172 valence electrons. The number of carbonyl (C=O) groups excluding carboxylic acids is 1. The van der Waals surface area contributed by atoms with E-state index in [-0.39, 0.29) is 35.3 Å². The molecule has 1 saturated heterocycles. The zero-order valence-electron chi connectivity index (χ0n) is 18.4. The number of nitrogens with zero attached hydrogens (tertiary/aromatic N) is 1. The van der Waals surface area contributed by atoms with E-state index in [1.54, 1.807) is 20.8 Å². The van der Waals surface area contributed by atoms with Crippen LogP contribution >= 0.6 is 0 Å². The van der Waals surface area contributed by atoms with Gasteiger partial charge >= 0.3 is 5.97 Å². The topological polar surface area (TPSA) is 174 Å². The molecule has 1 heterocycles. The van der Waals surface area contributed by atoms with Crippen molar-refractivity contribution in [2.24, 2.45) is 28.3 Å². The van der Waals surface area contributed by atoms with Crippen LogP contribution in [0.15, 0.2) is 32.4 Å². The number of sulfonamides is 1. The molecule has 0 saturated carbocycles. The molecule has 2 unspecified atom stereocenters. The van der Waals surface area contributed by atoms with Crippen molar-refractivity contribution in [2.45, 2.75) is 59.1 Å². The number of carboxylic acid groups (broad SMARTS) is 1. The minimum atomic E-state index is -4.26. The van der Waals surface area contributed by atoms with Crippen LogP contribution in [-0.4, -0.2) is 49.6 Å². The average Bonchev–Trinajstić information content (AvgIpc) is 2.97. The largest absolute Gasteiger partial charge is 0.492 e. The van der Waals surface area contributed by atoms with Crippen molar-refractivity contribution in [3.63, 3.8) is 0 Å². The zero-order chi connectivity index (χ0) is 23.7. The van der Waals surface area contributed by atoms with Gasteiger partial charge in [0.05, 0.1) is 4.91 Å². The van der Waals surface area contributed by atoms with Gasteiger partial charge in [-0.15, -0.1) is 0 Å². The second-order valence-corrected chi connectivity index (χ2v) is 10.2.